The van der Waals surface area contributed by atoms with Crippen molar-refractivity contribution in [3.63, 3.8) is 0 Å². The van der Waals surface area contributed by atoms with E-state index in [2.05, 4.69) is 56.7 Å². The third-order valence-electron chi connectivity index (χ3n) is 4.17. The van der Waals surface area contributed by atoms with Gasteiger partial charge in [0, 0.05) is 17.1 Å². The van der Waals surface area contributed by atoms with Gasteiger partial charge in [-0.05, 0) is 36.4 Å². The Morgan fingerprint density at radius 3 is 2.77 bits per heavy atom. The van der Waals surface area contributed by atoms with Crippen LogP contribution in [0, 0.1) is 6.92 Å². The molecule has 0 unspecified atom stereocenters. The molecule has 0 aliphatic rings. The van der Waals surface area contributed by atoms with Crippen molar-refractivity contribution < 1.29 is 0 Å². The van der Waals surface area contributed by atoms with Gasteiger partial charge < -0.3 is 0 Å². The highest BCUT2D eigenvalue weighted by Gasteiger charge is 2.16. The van der Waals surface area contributed by atoms with Crippen LogP contribution in [0.3, 0.4) is 0 Å². The van der Waals surface area contributed by atoms with Crippen molar-refractivity contribution in [1.29, 1.82) is 0 Å². The minimum Gasteiger partial charge on any atom is -0.277 e. The Kier molecular flexibility index (Phi) is 3.69. The van der Waals surface area contributed by atoms with Crippen LogP contribution in [-0.2, 0) is 0 Å². The van der Waals surface area contributed by atoms with E-state index in [1.807, 2.05) is 28.8 Å². The predicted molar refractivity (Wildman–Crippen MR) is 105 cm³/mol. The second-order valence-corrected chi connectivity index (χ2v) is 7.70. The zero-order valence-electron chi connectivity index (χ0n) is 13.8. The molecule has 0 amide bonds. The third kappa shape index (κ3) is 2.56. The topological polar surface area (TPSA) is 56.0 Å². The SMILES string of the molecule is Cc1ccc(-c2csc3ncnc(Sc4nnc5ccccn45)c23)cc1. The van der Waals surface area contributed by atoms with E-state index in [0.29, 0.717) is 0 Å². The monoisotopic (exact) mass is 375 g/mol. The van der Waals surface area contributed by atoms with Crippen molar-refractivity contribution in [3.8, 4) is 11.1 Å². The number of benzene rings is 1. The van der Waals surface area contributed by atoms with E-state index in [1.165, 1.54) is 22.9 Å². The summed E-state index contributed by atoms with van der Waals surface area (Å²) in [4.78, 5) is 9.97. The molecule has 1 aromatic carbocycles. The second kappa shape index (κ2) is 6.19. The van der Waals surface area contributed by atoms with Gasteiger partial charge >= 0.3 is 0 Å². The lowest BCUT2D eigenvalue weighted by molar-refractivity contribution is 0.917. The first-order valence-electron chi connectivity index (χ1n) is 8.06. The highest BCUT2D eigenvalue weighted by atomic mass is 32.2. The van der Waals surface area contributed by atoms with Crippen molar-refractivity contribution >= 4 is 39.0 Å². The molecule has 0 spiro atoms. The van der Waals surface area contributed by atoms with Gasteiger partial charge in [-0.1, -0.05) is 35.9 Å². The number of aryl methyl sites for hydroxylation is 1. The summed E-state index contributed by atoms with van der Waals surface area (Å²) in [6.45, 7) is 2.09. The normalized spacial score (nSPS) is 11.4. The fourth-order valence-corrected chi connectivity index (χ4v) is 4.74. The Bertz CT molecular complexity index is 1220. The van der Waals surface area contributed by atoms with Gasteiger partial charge in [0.15, 0.2) is 5.65 Å². The Balaban J connectivity index is 1.66. The van der Waals surface area contributed by atoms with Crippen LogP contribution >= 0.6 is 23.1 Å². The molecule has 4 heterocycles. The summed E-state index contributed by atoms with van der Waals surface area (Å²) in [6, 6.07) is 14.4. The van der Waals surface area contributed by atoms with Crippen molar-refractivity contribution in [2.75, 3.05) is 0 Å². The summed E-state index contributed by atoms with van der Waals surface area (Å²) in [5.41, 5.74) is 4.39. The van der Waals surface area contributed by atoms with Crippen molar-refractivity contribution in [2.24, 2.45) is 0 Å². The summed E-state index contributed by atoms with van der Waals surface area (Å²) in [5, 5.41) is 13.4. The molecule has 7 heteroatoms. The zero-order valence-corrected chi connectivity index (χ0v) is 15.5. The minimum atomic E-state index is 0.793. The number of nitrogens with zero attached hydrogens (tertiary/aromatic N) is 5. The lowest BCUT2D eigenvalue weighted by atomic mass is 10.1. The number of hydrogen-bond donors (Lipinski definition) is 0. The van der Waals surface area contributed by atoms with Gasteiger partial charge in [-0.2, -0.15) is 0 Å². The van der Waals surface area contributed by atoms with Gasteiger partial charge in [0.05, 0.1) is 5.39 Å². The smallest absolute Gasteiger partial charge is 0.201 e. The van der Waals surface area contributed by atoms with E-state index in [9.17, 15) is 0 Å². The maximum atomic E-state index is 4.54. The predicted octanol–water partition coefficient (Wildman–Crippen LogP) is 4.86. The molecule has 26 heavy (non-hydrogen) atoms. The Labute approximate surface area is 157 Å². The highest BCUT2D eigenvalue weighted by molar-refractivity contribution is 7.99. The minimum absolute atomic E-state index is 0.793. The summed E-state index contributed by atoms with van der Waals surface area (Å²) in [6.07, 6.45) is 3.58. The zero-order chi connectivity index (χ0) is 17.5. The fraction of sp³-hybridized carbons (Fsp3) is 0.0526. The fourth-order valence-electron chi connectivity index (χ4n) is 2.85. The first-order chi connectivity index (χ1) is 12.8. The van der Waals surface area contributed by atoms with Crippen LogP contribution in [0.25, 0.3) is 27.0 Å². The molecule has 0 saturated heterocycles. The molecule has 5 nitrogen and oxygen atoms in total. The Morgan fingerprint density at radius 2 is 1.88 bits per heavy atom. The van der Waals surface area contributed by atoms with Crippen LogP contribution in [0.5, 0.6) is 0 Å². The van der Waals surface area contributed by atoms with Gasteiger partial charge in [0.2, 0.25) is 5.16 Å². The molecule has 5 aromatic rings. The maximum Gasteiger partial charge on any atom is 0.201 e. The molecule has 0 atom stereocenters. The Hall–Kier alpha value is -2.77. The molecule has 0 aliphatic carbocycles. The Morgan fingerprint density at radius 1 is 1.00 bits per heavy atom. The van der Waals surface area contributed by atoms with E-state index >= 15 is 0 Å². The van der Waals surface area contributed by atoms with Crippen LogP contribution in [-0.4, -0.2) is 24.6 Å². The average Bonchev–Trinajstić information content (AvgIpc) is 3.28. The number of fused-ring (bicyclic) bond motifs is 2. The van der Waals surface area contributed by atoms with Crippen LogP contribution in [0.4, 0.5) is 0 Å². The van der Waals surface area contributed by atoms with Gasteiger partial charge in [-0.3, -0.25) is 4.40 Å². The molecule has 0 aliphatic heterocycles. The molecule has 0 fully saturated rings. The standard InChI is InChI=1S/C19H13N5S2/c1-12-5-7-13(8-6-12)14-10-25-17-16(14)18(21-11-20-17)26-19-23-22-15-4-2-3-9-24(15)19/h2-11H,1H3. The lowest BCUT2D eigenvalue weighted by Gasteiger charge is -2.05. The molecular formula is C19H13N5S2. The number of thiophene rings is 1. The van der Waals surface area contributed by atoms with Gasteiger partial charge in [-0.25, -0.2) is 9.97 Å². The van der Waals surface area contributed by atoms with Crippen LogP contribution < -0.4 is 0 Å². The summed E-state index contributed by atoms with van der Waals surface area (Å²) < 4.78 is 1.97. The van der Waals surface area contributed by atoms with Crippen LogP contribution in [0.1, 0.15) is 5.56 Å². The molecule has 5 rings (SSSR count). The van der Waals surface area contributed by atoms with Crippen LogP contribution in [0.15, 0.2) is 70.6 Å². The molecular weight excluding hydrogens is 362 g/mol. The summed E-state index contributed by atoms with van der Waals surface area (Å²) in [7, 11) is 0. The largest absolute Gasteiger partial charge is 0.277 e. The summed E-state index contributed by atoms with van der Waals surface area (Å²) >= 11 is 3.15. The van der Waals surface area contributed by atoms with Crippen molar-refractivity contribution in [2.45, 2.75) is 17.1 Å². The number of pyridine rings is 1. The molecule has 0 bridgehead atoms. The summed E-state index contributed by atoms with van der Waals surface area (Å²) in [5.74, 6) is 0. The van der Waals surface area contributed by atoms with Crippen molar-refractivity contribution in [1.82, 2.24) is 24.6 Å². The van der Waals surface area contributed by atoms with E-state index in [-0.39, 0.29) is 0 Å². The van der Waals surface area contributed by atoms with E-state index < -0.39 is 0 Å². The quantitative estimate of drug-likeness (QED) is 0.422. The number of aromatic nitrogens is 5. The average molecular weight is 375 g/mol. The molecule has 126 valence electrons. The third-order valence-corrected chi connectivity index (χ3v) is 6.02. The molecule has 0 saturated carbocycles. The molecule has 0 radical (unpaired) electrons. The van der Waals surface area contributed by atoms with Crippen LogP contribution in [0.2, 0.25) is 0 Å². The number of hydrogen-bond acceptors (Lipinski definition) is 6. The maximum absolute atomic E-state index is 4.54. The molecule has 0 N–H and O–H groups in total. The first kappa shape index (κ1) is 15.5. The van der Waals surface area contributed by atoms with E-state index in [1.54, 1.807) is 17.7 Å². The molecule has 4 aromatic heterocycles. The first-order valence-corrected chi connectivity index (χ1v) is 9.76. The highest BCUT2D eigenvalue weighted by Crippen LogP contribution is 2.39. The van der Waals surface area contributed by atoms with Crippen molar-refractivity contribution in [3.05, 3.63) is 65.9 Å². The van der Waals surface area contributed by atoms with Gasteiger partial charge in [0.25, 0.3) is 0 Å². The number of rotatable bonds is 3. The lowest BCUT2D eigenvalue weighted by Crippen LogP contribution is -1.90. The van der Waals surface area contributed by atoms with Gasteiger partial charge in [0.1, 0.15) is 16.2 Å². The van der Waals surface area contributed by atoms with E-state index in [4.69, 9.17) is 0 Å². The second-order valence-electron chi connectivity index (χ2n) is 5.89. The van der Waals surface area contributed by atoms with E-state index in [0.717, 1.165) is 31.6 Å². The van der Waals surface area contributed by atoms with Gasteiger partial charge in [-0.15, -0.1) is 21.5 Å².